The Kier molecular flexibility index (Phi) is 13.2. The van der Waals surface area contributed by atoms with Crippen molar-refractivity contribution in [1.29, 1.82) is 0 Å². The van der Waals surface area contributed by atoms with Gasteiger partial charge in [-0.3, -0.25) is 9.69 Å². The topological polar surface area (TPSA) is 85.0 Å². The third kappa shape index (κ3) is 10.7. The maximum absolute atomic E-state index is 13.4. The molecule has 0 spiro atoms. The number of benzene rings is 3. The highest BCUT2D eigenvalue weighted by molar-refractivity contribution is 7.99. The smallest absolute Gasteiger partial charge is 0.264 e. The molecule has 1 aliphatic heterocycles. The Hall–Kier alpha value is -3.31. The molecule has 1 heterocycles. The number of nitrogens with zero attached hydrogens (tertiary/aromatic N) is 3. The molecule has 8 nitrogen and oxygen atoms in total. The molecule has 0 unspecified atom stereocenters. The molecule has 2 N–H and O–H groups in total. The fraction of sp³-hybridized carbons (Fsp3) is 0.523. The van der Waals surface area contributed by atoms with Gasteiger partial charge in [0.15, 0.2) is 0 Å². The largest absolute Gasteiger partial charge is 0.381 e. The van der Waals surface area contributed by atoms with E-state index >= 15 is 0 Å². The van der Waals surface area contributed by atoms with Crippen molar-refractivity contribution in [2.24, 2.45) is 17.3 Å². The number of hydrogen-bond acceptors (Lipinski definition) is 8. The Morgan fingerprint density at radius 3 is 2.33 bits per heavy atom. The highest BCUT2D eigenvalue weighted by Crippen LogP contribution is 2.48. The number of piperazine rings is 1. The summed E-state index contributed by atoms with van der Waals surface area (Å²) in [4.78, 5) is 21.6. The van der Waals surface area contributed by atoms with E-state index in [0.29, 0.717) is 11.0 Å². The number of rotatable bonds is 15. The summed E-state index contributed by atoms with van der Waals surface area (Å²) in [6.07, 6.45) is 7.45. The lowest BCUT2D eigenvalue weighted by atomic mass is 9.63. The van der Waals surface area contributed by atoms with Crippen LogP contribution in [0.2, 0.25) is 0 Å². The molecule has 1 saturated heterocycles. The molecular formula is C44H61N5O3S2. The van der Waals surface area contributed by atoms with Crippen molar-refractivity contribution in [3.63, 3.8) is 0 Å². The second-order valence-corrected chi connectivity index (χ2v) is 19.8. The molecule has 1 saturated carbocycles. The van der Waals surface area contributed by atoms with Crippen LogP contribution in [-0.4, -0.2) is 89.3 Å². The maximum atomic E-state index is 13.4. The van der Waals surface area contributed by atoms with E-state index in [1.54, 1.807) is 53.2 Å². The molecule has 0 bridgehead atoms. The minimum Gasteiger partial charge on any atom is -0.381 e. The van der Waals surface area contributed by atoms with Gasteiger partial charge in [0.1, 0.15) is 0 Å². The molecule has 2 aliphatic carbocycles. The van der Waals surface area contributed by atoms with E-state index in [4.69, 9.17) is 0 Å². The van der Waals surface area contributed by atoms with Crippen LogP contribution in [0, 0.1) is 24.2 Å². The molecular weight excluding hydrogens is 711 g/mol. The van der Waals surface area contributed by atoms with Crippen LogP contribution in [0.15, 0.2) is 93.7 Å². The Bertz CT molecular complexity index is 1860. The highest BCUT2D eigenvalue weighted by atomic mass is 32.2. The summed E-state index contributed by atoms with van der Waals surface area (Å²) >= 11 is 1.80. The van der Waals surface area contributed by atoms with Gasteiger partial charge < -0.3 is 15.1 Å². The number of carbonyl (C=O) groups is 1. The van der Waals surface area contributed by atoms with E-state index in [2.05, 4.69) is 71.7 Å². The lowest BCUT2D eigenvalue weighted by Gasteiger charge is -2.44. The first-order valence-electron chi connectivity index (χ1n) is 19.8. The number of anilines is 2. The summed E-state index contributed by atoms with van der Waals surface area (Å²) in [6, 6.07) is 22.9. The Morgan fingerprint density at radius 1 is 0.981 bits per heavy atom. The molecule has 0 radical (unpaired) electrons. The van der Waals surface area contributed by atoms with Gasteiger partial charge in [0.25, 0.3) is 15.9 Å². The molecule has 3 aromatic carbocycles. The Labute approximate surface area is 329 Å². The maximum Gasteiger partial charge on any atom is 0.264 e. The van der Waals surface area contributed by atoms with Gasteiger partial charge in [-0.2, -0.15) is 0 Å². The number of thioether (sulfide) groups is 1. The average Bonchev–Trinajstić information content (AvgIpc) is 3.13. The summed E-state index contributed by atoms with van der Waals surface area (Å²) in [5, 5.41) is 3.65. The number of sulfonamides is 1. The van der Waals surface area contributed by atoms with Crippen LogP contribution in [0.4, 0.5) is 11.4 Å². The predicted molar refractivity (Wildman–Crippen MR) is 225 cm³/mol. The lowest BCUT2D eigenvalue weighted by Crippen LogP contribution is -2.47. The van der Waals surface area contributed by atoms with Crippen molar-refractivity contribution in [3.8, 4) is 0 Å². The van der Waals surface area contributed by atoms with Crippen molar-refractivity contribution in [2.75, 3.05) is 69.3 Å². The van der Waals surface area contributed by atoms with Crippen LogP contribution < -0.4 is 14.9 Å². The number of hydrogen-bond donors (Lipinski definition) is 2. The zero-order valence-electron chi connectivity index (χ0n) is 33.2. The van der Waals surface area contributed by atoms with Crippen molar-refractivity contribution >= 4 is 39.1 Å². The number of aryl methyl sites for hydroxylation is 1. The fourth-order valence-corrected chi connectivity index (χ4v) is 10.2. The summed E-state index contributed by atoms with van der Waals surface area (Å²) in [6.45, 7) is 15.1. The quantitative estimate of drug-likeness (QED) is 0.118. The molecule has 3 aliphatic rings. The predicted octanol–water partition coefficient (Wildman–Crippen LogP) is 8.31. The van der Waals surface area contributed by atoms with E-state index in [0.717, 1.165) is 80.2 Å². The van der Waals surface area contributed by atoms with Crippen molar-refractivity contribution < 1.29 is 13.2 Å². The first kappa shape index (κ1) is 40.4. The van der Waals surface area contributed by atoms with E-state index < -0.39 is 15.9 Å². The molecule has 54 heavy (non-hydrogen) atoms. The fourth-order valence-electron chi connectivity index (χ4n) is 8.19. The van der Waals surface area contributed by atoms with E-state index in [9.17, 15) is 13.2 Å². The van der Waals surface area contributed by atoms with Gasteiger partial charge in [0.05, 0.1) is 4.90 Å². The van der Waals surface area contributed by atoms with Crippen molar-refractivity contribution in [1.82, 2.24) is 14.5 Å². The van der Waals surface area contributed by atoms with Crippen LogP contribution in [0.5, 0.6) is 0 Å². The van der Waals surface area contributed by atoms with Gasteiger partial charge in [0, 0.05) is 66.4 Å². The SMILES string of the molecule is Cc1cc(S(=O)(=O)NC(=O)c2ccc(N3CCN(CC4=C(C5CC(C)C5)CC(C)(C)CC4)CC3)cc2)ccc1N[C@H](CCN(C)C)CSc1ccccc1. The molecule has 3 aromatic rings. The zero-order chi connectivity index (χ0) is 38.5. The number of carbonyl (C=O) groups excluding carboxylic acids is 1. The molecule has 6 rings (SSSR count). The normalized spacial score (nSPS) is 21.1. The lowest BCUT2D eigenvalue weighted by molar-refractivity contribution is 0.0981. The second-order valence-electron chi connectivity index (χ2n) is 17.0. The van der Waals surface area contributed by atoms with Gasteiger partial charge in [-0.05, 0) is 144 Å². The summed E-state index contributed by atoms with van der Waals surface area (Å²) in [7, 11) is 0.0678. The van der Waals surface area contributed by atoms with Gasteiger partial charge in [0.2, 0.25) is 0 Å². The van der Waals surface area contributed by atoms with Gasteiger partial charge in [-0.1, -0.05) is 50.1 Å². The molecule has 0 aromatic heterocycles. The number of allylic oxidation sites excluding steroid dienone is 1. The van der Waals surface area contributed by atoms with Crippen LogP contribution in [0.25, 0.3) is 0 Å². The van der Waals surface area contributed by atoms with Crippen LogP contribution >= 0.6 is 11.8 Å². The second kappa shape index (κ2) is 17.7. The molecule has 1 atom stereocenters. The summed E-state index contributed by atoms with van der Waals surface area (Å²) in [5.74, 6) is 1.92. The zero-order valence-corrected chi connectivity index (χ0v) is 34.9. The molecule has 2 fully saturated rings. The van der Waals surface area contributed by atoms with E-state index in [-0.39, 0.29) is 10.9 Å². The van der Waals surface area contributed by atoms with E-state index in [1.165, 1.54) is 37.0 Å². The van der Waals surface area contributed by atoms with Crippen LogP contribution in [0.3, 0.4) is 0 Å². The number of amides is 1. The highest BCUT2D eigenvalue weighted by Gasteiger charge is 2.36. The Morgan fingerprint density at radius 2 is 1.69 bits per heavy atom. The minimum absolute atomic E-state index is 0.0685. The van der Waals surface area contributed by atoms with Gasteiger partial charge >= 0.3 is 0 Å². The molecule has 292 valence electrons. The molecule has 1 amide bonds. The van der Waals surface area contributed by atoms with Crippen LogP contribution in [-0.2, 0) is 10.0 Å². The average molecular weight is 772 g/mol. The number of nitrogens with one attached hydrogen (secondary N) is 2. The van der Waals surface area contributed by atoms with Gasteiger partial charge in [-0.15, -0.1) is 11.8 Å². The minimum atomic E-state index is -4.07. The third-order valence-corrected chi connectivity index (χ3v) is 14.1. The van der Waals surface area contributed by atoms with Gasteiger partial charge in [-0.25, -0.2) is 13.1 Å². The van der Waals surface area contributed by atoms with Crippen LogP contribution in [0.1, 0.15) is 75.2 Å². The monoisotopic (exact) mass is 771 g/mol. The third-order valence-electron chi connectivity index (χ3n) is 11.6. The van der Waals surface area contributed by atoms with Crippen molar-refractivity contribution in [3.05, 3.63) is 95.1 Å². The summed E-state index contributed by atoms with van der Waals surface area (Å²) in [5.41, 5.74) is 6.98. The molecule has 10 heteroatoms. The first-order chi connectivity index (χ1) is 25.7. The first-order valence-corrected chi connectivity index (χ1v) is 22.3. The van der Waals surface area contributed by atoms with E-state index in [1.807, 2.05) is 37.3 Å². The van der Waals surface area contributed by atoms with Crippen molar-refractivity contribution in [2.45, 2.75) is 82.1 Å². The Balaban J connectivity index is 1.02. The standard InChI is InChI=1S/C44H61N5O3S2/c1-32-26-36(27-32)41-29-44(3,4)20-18-35(41)30-48-22-24-49(25-23-48)38-14-12-34(13-15-38)43(50)46-54(51,52)40-16-17-42(33(2)28-40)45-37(19-21-47(5)6)31-53-39-10-8-7-9-11-39/h7-17,28,32,36-37,45H,18-27,29-31H2,1-6H3,(H,46,50)/t32?,36?,37-/m1/s1. The summed E-state index contributed by atoms with van der Waals surface area (Å²) < 4.78 is 29.0.